The molecule has 104 valence electrons. The molecule has 0 unspecified atom stereocenters. The van der Waals surface area contributed by atoms with E-state index >= 15 is 0 Å². The number of hydrogen-bond acceptors (Lipinski definition) is 1. The van der Waals surface area contributed by atoms with E-state index in [1.807, 2.05) is 18.5 Å². The monoisotopic (exact) mass is 331 g/mol. The van der Waals surface area contributed by atoms with Gasteiger partial charge in [-0.1, -0.05) is 34.1 Å². The number of hydrogen-bond donors (Lipinski definition) is 0. The number of likely N-dealkylation sites (N-methyl/N-ethyl adjacent to an activating group) is 1. The topological polar surface area (TPSA) is 12.9 Å². The maximum atomic E-state index is 4.24. The highest BCUT2D eigenvalue weighted by atomic mass is 79.9. The van der Waals surface area contributed by atoms with Gasteiger partial charge in [0.15, 0.2) is 0 Å². The Labute approximate surface area is 129 Å². The Morgan fingerprint density at radius 2 is 1.80 bits per heavy atom. The Kier molecular flexibility index (Phi) is 4.73. The first-order chi connectivity index (χ1) is 9.46. The molecule has 2 rings (SSSR count). The third kappa shape index (κ3) is 4.29. The molecule has 3 heteroatoms. The average molecular weight is 332 g/mol. The Morgan fingerprint density at radius 1 is 1.10 bits per heavy atom. The summed E-state index contributed by atoms with van der Waals surface area (Å²) < 4.78 is 2.00. The quantitative estimate of drug-likeness (QED) is 0.772. The van der Waals surface area contributed by atoms with E-state index in [4.69, 9.17) is 0 Å². The molecule has 0 radical (unpaired) electrons. The van der Waals surface area contributed by atoms with Crippen molar-refractivity contribution in [3.63, 3.8) is 0 Å². The van der Waals surface area contributed by atoms with E-state index in [-0.39, 0.29) is 0 Å². The highest BCUT2D eigenvalue weighted by Crippen LogP contribution is 2.24. The van der Waals surface area contributed by atoms with Crippen molar-refractivity contribution < 1.29 is 4.48 Å². The Morgan fingerprint density at radius 3 is 2.35 bits per heavy atom. The molecule has 2 nitrogen and oxygen atoms in total. The molecule has 1 heterocycles. The summed E-state index contributed by atoms with van der Waals surface area (Å²) in [5, 5.41) is 0. The fourth-order valence-corrected chi connectivity index (χ4v) is 2.18. The average Bonchev–Trinajstić information content (AvgIpc) is 2.41. The number of aromatic nitrogens is 1. The highest BCUT2D eigenvalue weighted by Gasteiger charge is 2.09. The van der Waals surface area contributed by atoms with Crippen LogP contribution < -0.4 is 0 Å². The molecule has 0 saturated heterocycles. The summed E-state index contributed by atoms with van der Waals surface area (Å²) in [6.07, 6.45) is 6.02. The molecule has 20 heavy (non-hydrogen) atoms. The number of pyridine rings is 1. The molecule has 0 N–H and O–H groups in total. The summed E-state index contributed by atoms with van der Waals surface area (Å²) >= 11 is 3.49. The highest BCUT2D eigenvalue weighted by molar-refractivity contribution is 9.10. The van der Waals surface area contributed by atoms with Crippen LogP contribution in [0.1, 0.15) is 11.1 Å². The maximum absolute atomic E-state index is 4.24. The molecule has 0 bridgehead atoms. The molecule has 0 fully saturated rings. The second-order valence-corrected chi connectivity index (χ2v) is 6.75. The van der Waals surface area contributed by atoms with E-state index < -0.39 is 0 Å². The standard InChI is InChI=1S/C17H20BrN2/c1-20(2,3)12-10-17(15-5-4-11-19-13-15)14-6-8-16(18)9-7-14/h4-11,13H,12H2,1-3H3/q+1. The predicted octanol–water partition coefficient (Wildman–Crippen LogP) is 3.98. The first kappa shape index (κ1) is 14.9. The number of quaternary nitrogens is 1. The lowest BCUT2D eigenvalue weighted by Crippen LogP contribution is -2.34. The van der Waals surface area contributed by atoms with Crippen molar-refractivity contribution in [2.45, 2.75) is 0 Å². The van der Waals surface area contributed by atoms with Crippen molar-refractivity contribution in [1.29, 1.82) is 0 Å². The SMILES string of the molecule is C[N+](C)(C)CC=C(c1ccc(Br)cc1)c1cccnc1. The van der Waals surface area contributed by atoms with Crippen molar-refractivity contribution in [3.05, 3.63) is 70.5 Å². The van der Waals surface area contributed by atoms with Gasteiger partial charge in [-0.15, -0.1) is 0 Å². The van der Waals surface area contributed by atoms with Crippen LogP contribution in [0.2, 0.25) is 0 Å². The van der Waals surface area contributed by atoms with Gasteiger partial charge in [-0.05, 0) is 35.4 Å². The third-order valence-electron chi connectivity index (χ3n) is 2.97. The van der Waals surface area contributed by atoms with Crippen molar-refractivity contribution in [2.75, 3.05) is 27.7 Å². The normalized spacial score (nSPS) is 12.5. The fraction of sp³-hybridized carbons (Fsp3) is 0.235. The van der Waals surface area contributed by atoms with E-state index in [1.54, 1.807) is 0 Å². The van der Waals surface area contributed by atoms with Crippen molar-refractivity contribution in [1.82, 2.24) is 4.98 Å². The van der Waals surface area contributed by atoms with Crippen LogP contribution in [0.15, 0.2) is 59.3 Å². The van der Waals surface area contributed by atoms with Gasteiger partial charge in [-0.2, -0.15) is 0 Å². The summed E-state index contributed by atoms with van der Waals surface area (Å²) in [5.74, 6) is 0. The van der Waals surface area contributed by atoms with Crippen molar-refractivity contribution in [2.24, 2.45) is 0 Å². The minimum Gasteiger partial charge on any atom is -0.328 e. The van der Waals surface area contributed by atoms with Crippen LogP contribution >= 0.6 is 15.9 Å². The molecule has 0 spiro atoms. The summed E-state index contributed by atoms with van der Waals surface area (Å²) in [4.78, 5) is 4.24. The van der Waals surface area contributed by atoms with Crippen LogP contribution in [0.25, 0.3) is 5.57 Å². The van der Waals surface area contributed by atoms with Crippen LogP contribution in [-0.4, -0.2) is 37.2 Å². The fourth-order valence-electron chi connectivity index (χ4n) is 1.92. The van der Waals surface area contributed by atoms with E-state index in [9.17, 15) is 0 Å². The third-order valence-corrected chi connectivity index (χ3v) is 3.50. The van der Waals surface area contributed by atoms with E-state index in [0.717, 1.165) is 21.1 Å². The molecule has 1 aromatic carbocycles. The van der Waals surface area contributed by atoms with E-state index in [1.165, 1.54) is 11.1 Å². The van der Waals surface area contributed by atoms with Crippen LogP contribution in [0.4, 0.5) is 0 Å². The van der Waals surface area contributed by atoms with Crippen molar-refractivity contribution in [3.8, 4) is 0 Å². The molecule has 0 amide bonds. The summed E-state index contributed by atoms with van der Waals surface area (Å²) in [7, 11) is 6.58. The number of halogens is 1. The zero-order chi connectivity index (χ0) is 14.6. The second kappa shape index (κ2) is 6.33. The molecular formula is C17H20BrN2+. The van der Waals surface area contributed by atoms with Gasteiger partial charge in [0.25, 0.3) is 0 Å². The van der Waals surface area contributed by atoms with Crippen LogP contribution in [0, 0.1) is 0 Å². The van der Waals surface area contributed by atoms with Gasteiger partial charge < -0.3 is 4.48 Å². The van der Waals surface area contributed by atoms with Crippen LogP contribution in [-0.2, 0) is 0 Å². The first-order valence-electron chi connectivity index (χ1n) is 6.63. The Balaban J connectivity index is 2.42. The van der Waals surface area contributed by atoms with E-state index in [2.05, 4.69) is 78.5 Å². The zero-order valence-corrected chi connectivity index (χ0v) is 13.8. The Bertz CT molecular complexity index is 581. The summed E-state index contributed by atoms with van der Waals surface area (Å²) in [6, 6.07) is 12.5. The number of rotatable bonds is 4. The number of benzene rings is 1. The van der Waals surface area contributed by atoms with Gasteiger partial charge >= 0.3 is 0 Å². The van der Waals surface area contributed by atoms with E-state index in [0.29, 0.717) is 0 Å². The first-order valence-corrected chi connectivity index (χ1v) is 7.42. The van der Waals surface area contributed by atoms with Crippen molar-refractivity contribution >= 4 is 21.5 Å². The zero-order valence-electron chi connectivity index (χ0n) is 12.2. The maximum Gasteiger partial charge on any atom is 0.0976 e. The Hall–Kier alpha value is -1.45. The summed E-state index contributed by atoms with van der Waals surface area (Å²) in [5.41, 5.74) is 3.61. The lowest BCUT2D eigenvalue weighted by Gasteiger charge is -2.22. The molecule has 0 atom stereocenters. The van der Waals surface area contributed by atoms with Gasteiger partial charge in [0.1, 0.15) is 0 Å². The lowest BCUT2D eigenvalue weighted by molar-refractivity contribution is -0.864. The van der Waals surface area contributed by atoms with Gasteiger partial charge in [0, 0.05) is 22.4 Å². The van der Waals surface area contributed by atoms with Gasteiger partial charge in [-0.3, -0.25) is 4.98 Å². The van der Waals surface area contributed by atoms with Crippen LogP contribution in [0.5, 0.6) is 0 Å². The molecular weight excluding hydrogens is 312 g/mol. The molecule has 2 aromatic rings. The van der Waals surface area contributed by atoms with Gasteiger partial charge in [0.05, 0.1) is 27.7 Å². The minimum absolute atomic E-state index is 0.903. The summed E-state index contributed by atoms with van der Waals surface area (Å²) in [6.45, 7) is 0.973. The predicted molar refractivity (Wildman–Crippen MR) is 88.4 cm³/mol. The van der Waals surface area contributed by atoms with Gasteiger partial charge in [-0.25, -0.2) is 0 Å². The largest absolute Gasteiger partial charge is 0.328 e. The molecule has 1 aromatic heterocycles. The molecule has 0 aliphatic carbocycles. The second-order valence-electron chi connectivity index (χ2n) is 5.84. The smallest absolute Gasteiger partial charge is 0.0976 e. The molecule has 0 aliphatic rings. The molecule has 0 saturated carbocycles. The minimum atomic E-state index is 0.903. The van der Waals surface area contributed by atoms with Crippen LogP contribution in [0.3, 0.4) is 0 Å². The molecule has 0 aliphatic heterocycles. The van der Waals surface area contributed by atoms with Gasteiger partial charge in [0.2, 0.25) is 0 Å². The number of nitrogens with zero attached hydrogens (tertiary/aromatic N) is 2. The lowest BCUT2D eigenvalue weighted by atomic mass is 9.99.